The van der Waals surface area contributed by atoms with Crippen LogP contribution in [-0.2, 0) is 4.74 Å². The highest BCUT2D eigenvalue weighted by atomic mass is 35.5. The highest BCUT2D eigenvalue weighted by molar-refractivity contribution is 6.18. The third kappa shape index (κ3) is 7.14. The van der Waals surface area contributed by atoms with Gasteiger partial charge < -0.3 is 24.8 Å². The number of methoxy groups -OCH3 is 1. The van der Waals surface area contributed by atoms with Crippen molar-refractivity contribution >= 4 is 56.7 Å². The Morgan fingerprint density at radius 2 is 1.86 bits per heavy atom. The Hall–Kier alpha value is -4.57. The van der Waals surface area contributed by atoms with E-state index >= 15 is 0 Å². The molecule has 2 N–H and O–H groups in total. The molecule has 0 radical (unpaired) electrons. The number of hydrogen-bond acceptors (Lipinski definition) is 9. The number of ether oxygens (including phenoxy) is 3. The topological polar surface area (TPSA) is 112 Å². The summed E-state index contributed by atoms with van der Waals surface area (Å²) < 4.78 is 18.3. The molecule has 44 heavy (non-hydrogen) atoms. The number of rotatable bonds is 11. The smallest absolute Gasteiger partial charge is 0.435 e. The van der Waals surface area contributed by atoms with Crippen LogP contribution in [0.15, 0.2) is 60.8 Å². The SMILES string of the molecule is CCCCNc1cccc(-c2nc(Nc3ccc4c(cnn4C(=O)OC(C)(C)C)c3)c3cc(OCCCl)c(OC)cc3n2)c1. The summed E-state index contributed by atoms with van der Waals surface area (Å²) in [6.45, 7) is 8.84. The molecule has 0 aliphatic carbocycles. The minimum atomic E-state index is -0.636. The first kappa shape index (κ1) is 30.9. The largest absolute Gasteiger partial charge is 0.493 e. The monoisotopic (exact) mass is 616 g/mol. The van der Waals surface area contributed by atoms with Crippen LogP contribution < -0.4 is 20.1 Å². The Bertz CT molecular complexity index is 1780. The lowest BCUT2D eigenvalue weighted by Crippen LogP contribution is -2.27. The fourth-order valence-corrected chi connectivity index (χ4v) is 4.73. The van der Waals surface area contributed by atoms with Gasteiger partial charge in [-0.3, -0.25) is 0 Å². The highest BCUT2D eigenvalue weighted by Gasteiger charge is 2.21. The standard InChI is InChI=1S/C33H37ClN6O4/c1-6-7-14-35-23-10-8-9-21(16-23)30-38-26-19-28(42-5)29(43-15-13-34)18-25(26)31(39-30)37-24-11-12-27-22(17-24)20-36-40(27)32(41)44-33(2,3)4/h8-12,16-20,35H,6-7,13-15H2,1-5H3,(H,37,38,39). The number of fused-ring (bicyclic) bond motifs is 2. The van der Waals surface area contributed by atoms with Crippen molar-refractivity contribution in [2.75, 3.05) is 36.8 Å². The summed E-state index contributed by atoms with van der Waals surface area (Å²) in [7, 11) is 1.59. The van der Waals surface area contributed by atoms with E-state index in [0.29, 0.717) is 46.7 Å². The van der Waals surface area contributed by atoms with Gasteiger partial charge in [-0.15, -0.1) is 11.6 Å². The van der Waals surface area contributed by atoms with Gasteiger partial charge in [-0.05, 0) is 63.6 Å². The van der Waals surface area contributed by atoms with Gasteiger partial charge in [0.15, 0.2) is 17.3 Å². The molecule has 0 amide bonds. The second-order valence-electron chi connectivity index (χ2n) is 11.2. The molecule has 0 aliphatic heterocycles. The van der Waals surface area contributed by atoms with Crippen LogP contribution in [0.2, 0.25) is 0 Å². The van der Waals surface area contributed by atoms with E-state index in [1.54, 1.807) is 13.3 Å². The van der Waals surface area contributed by atoms with E-state index in [9.17, 15) is 4.79 Å². The third-order valence-corrected chi connectivity index (χ3v) is 6.85. The summed E-state index contributed by atoms with van der Waals surface area (Å²) in [5, 5.41) is 12.7. The van der Waals surface area contributed by atoms with Crippen molar-refractivity contribution in [3.8, 4) is 22.9 Å². The third-order valence-electron chi connectivity index (χ3n) is 6.69. The number of unbranched alkanes of at least 4 members (excludes halogenated alkanes) is 1. The van der Waals surface area contributed by atoms with Gasteiger partial charge in [0.2, 0.25) is 0 Å². The average Bonchev–Trinajstić information content (AvgIpc) is 3.42. The van der Waals surface area contributed by atoms with Crippen LogP contribution >= 0.6 is 11.6 Å². The maximum atomic E-state index is 12.7. The number of hydrogen-bond donors (Lipinski definition) is 2. The van der Waals surface area contributed by atoms with Gasteiger partial charge in [-0.1, -0.05) is 25.5 Å². The summed E-state index contributed by atoms with van der Waals surface area (Å²) in [6.07, 6.45) is 3.29. The van der Waals surface area contributed by atoms with E-state index in [4.69, 9.17) is 35.8 Å². The van der Waals surface area contributed by atoms with Crippen LogP contribution in [0.1, 0.15) is 40.5 Å². The van der Waals surface area contributed by atoms with Crippen LogP contribution in [0.5, 0.6) is 11.5 Å². The number of aromatic nitrogens is 4. The molecule has 0 saturated heterocycles. The first-order valence-corrected chi connectivity index (χ1v) is 15.1. The molecule has 0 fully saturated rings. The normalized spacial score (nSPS) is 11.5. The minimum Gasteiger partial charge on any atom is -0.493 e. The highest BCUT2D eigenvalue weighted by Crippen LogP contribution is 2.37. The van der Waals surface area contributed by atoms with Crippen molar-refractivity contribution in [1.82, 2.24) is 19.7 Å². The molecule has 2 heterocycles. The molecular weight excluding hydrogens is 580 g/mol. The van der Waals surface area contributed by atoms with Gasteiger partial charge in [-0.25, -0.2) is 14.8 Å². The van der Waals surface area contributed by atoms with Gasteiger partial charge in [-0.2, -0.15) is 9.78 Å². The van der Waals surface area contributed by atoms with Crippen molar-refractivity contribution in [2.45, 2.75) is 46.1 Å². The van der Waals surface area contributed by atoms with Gasteiger partial charge in [0.05, 0.1) is 30.2 Å². The van der Waals surface area contributed by atoms with Gasteiger partial charge in [0, 0.05) is 40.3 Å². The summed E-state index contributed by atoms with van der Waals surface area (Å²) in [4.78, 5) is 22.6. The molecule has 11 heteroatoms. The van der Waals surface area contributed by atoms with Crippen LogP contribution in [-0.4, -0.2) is 57.6 Å². The predicted octanol–water partition coefficient (Wildman–Crippen LogP) is 8.01. The first-order chi connectivity index (χ1) is 21.2. The zero-order valence-electron chi connectivity index (χ0n) is 25.6. The molecular formula is C33H37ClN6O4. The van der Waals surface area contributed by atoms with E-state index in [2.05, 4.69) is 22.7 Å². The van der Waals surface area contributed by atoms with Crippen molar-refractivity contribution in [3.63, 3.8) is 0 Å². The molecule has 5 aromatic rings. The Labute approximate surface area is 261 Å². The minimum absolute atomic E-state index is 0.321. The Balaban J connectivity index is 1.56. The average molecular weight is 617 g/mol. The summed E-state index contributed by atoms with van der Waals surface area (Å²) in [6, 6.07) is 17.4. The maximum Gasteiger partial charge on any atom is 0.435 e. The Kier molecular flexibility index (Phi) is 9.39. The lowest BCUT2D eigenvalue weighted by Gasteiger charge is -2.19. The van der Waals surface area contributed by atoms with E-state index in [-0.39, 0.29) is 0 Å². The molecule has 0 bridgehead atoms. The van der Waals surface area contributed by atoms with Crippen molar-refractivity contribution in [1.29, 1.82) is 0 Å². The van der Waals surface area contributed by atoms with Gasteiger partial charge >= 0.3 is 6.09 Å². The van der Waals surface area contributed by atoms with Gasteiger partial charge in [0.1, 0.15) is 18.0 Å². The van der Waals surface area contributed by atoms with E-state index < -0.39 is 11.7 Å². The second kappa shape index (κ2) is 13.4. The van der Waals surface area contributed by atoms with Crippen molar-refractivity contribution < 1.29 is 19.0 Å². The van der Waals surface area contributed by atoms with Crippen molar-refractivity contribution in [3.05, 3.63) is 60.8 Å². The maximum absolute atomic E-state index is 12.7. The summed E-state index contributed by atoms with van der Waals surface area (Å²) >= 11 is 5.90. The molecule has 0 saturated carbocycles. The number of nitrogens with zero attached hydrogens (tertiary/aromatic N) is 4. The molecule has 0 aliphatic rings. The van der Waals surface area contributed by atoms with Crippen LogP contribution in [0.3, 0.4) is 0 Å². The number of alkyl halides is 1. The molecule has 5 rings (SSSR count). The van der Waals surface area contributed by atoms with E-state index in [1.165, 1.54) is 4.68 Å². The van der Waals surface area contributed by atoms with Crippen molar-refractivity contribution in [2.24, 2.45) is 0 Å². The number of halogens is 1. The number of carbonyl (C=O) groups excluding carboxylic acids is 1. The zero-order valence-corrected chi connectivity index (χ0v) is 26.4. The number of benzene rings is 3. The summed E-state index contributed by atoms with van der Waals surface area (Å²) in [5.74, 6) is 2.54. The van der Waals surface area contributed by atoms with Crippen LogP contribution in [0.25, 0.3) is 33.2 Å². The number of anilines is 3. The molecule has 230 valence electrons. The fourth-order valence-electron chi connectivity index (χ4n) is 4.66. The van der Waals surface area contributed by atoms with E-state index in [0.717, 1.165) is 47.1 Å². The van der Waals surface area contributed by atoms with Crippen LogP contribution in [0, 0.1) is 0 Å². The second-order valence-corrected chi connectivity index (χ2v) is 11.6. The lowest BCUT2D eigenvalue weighted by molar-refractivity contribution is 0.0522. The van der Waals surface area contributed by atoms with Crippen LogP contribution in [0.4, 0.5) is 22.0 Å². The molecule has 0 atom stereocenters. The van der Waals surface area contributed by atoms with E-state index in [1.807, 2.05) is 75.4 Å². The van der Waals surface area contributed by atoms with Gasteiger partial charge in [0.25, 0.3) is 0 Å². The molecule has 0 unspecified atom stereocenters. The number of nitrogens with one attached hydrogen (secondary N) is 2. The predicted molar refractivity (Wildman–Crippen MR) is 176 cm³/mol. The first-order valence-electron chi connectivity index (χ1n) is 14.6. The quantitative estimate of drug-likeness (QED) is 0.112. The number of carbonyl (C=O) groups is 1. The molecule has 2 aromatic heterocycles. The summed E-state index contributed by atoms with van der Waals surface area (Å²) in [5.41, 5.74) is 3.29. The molecule has 0 spiro atoms. The Morgan fingerprint density at radius 1 is 1.02 bits per heavy atom. The Morgan fingerprint density at radius 3 is 2.61 bits per heavy atom. The zero-order chi connectivity index (χ0) is 31.3. The fraction of sp³-hybridized carbons (Fsp3) is 0.333. The molecule has 3 aromatic carbocycles. The lowest BCUT2D eigenvalue weighted by atomic mass is 10.1. The molecule has 10 nitrogen and oxygen atoms in total.